The summed E-state index contributed by atoms with van der Waals surface area (Å²) in [4.78, 5) is 4.49. The predicted molar refractivity (Wildman–Crippen MR) is 102 cm³/mol. The predicted octanol–water partition coefficient (Wildman–Crippen LogP) is 4.09. The second-order valence-electron chi connectivity index (χ2n) is 5.96. The highest BCUT2D eigenvalue weighted by Crippen LogP contribution is 2.16. The van der Waals surface area contributed by atoms with E-state index in [1.807, 2.05) is 24.3 Å². The molecule has 1 heterocycles. The third-order valence-corrected chi connectivity index (χ3v) is 4.00. The number of benzene rings is 2. The van der Waals surface area contributed by atoms with Crippen LogP contribution in [-0.4, -0.2) is 21.7 Å². The molecule has 0 amide bonds. The van der Waals surface area contributed by atoms with Crippen LogP contribution in [0.3, 0.4) is 0 Å². The fourth-order valence-electron chi connectivity index (χ4n) is 2.62. The number of aryl methyl sites for hydroxylation is 1. The second kappa shape index (κ2) is 8.78. The molecular weight excluding hydrogens is 310 g/mol. The smallest absolute Gasteiger partial charge is 0.245 e. The quantitative estimate of drug-likeness (QED) is 0.608. The Kier molecular flexibility index (Phi) is 5.93. The maximum Gasteiger partial charge on any atom is 0.245 e. The number of rotatable bonds is 8. The molecule has 1 atom stereocenters. The van der Waals surface area contributed by atoms with Crippen LogP contribution in [0.25, 0.3) is 0 Å². The Morgan fingerprint density at radius 3 is 2.44 bits per heavy atom. The Balaban J connectivity index is 1.49. The molecule has 2 aromatic carbocycles. The summed E-state index contributed by atoms with van der Waals surface area (Å²) in [5.41, 5.74) is 2.54. The molecule has 0 aliphatic heterocycles. The first kappa shape index (κ1) is 16.9. The lowest BCUT2D eigenvalue weighted by molar-refractivity contribution is 0.829. The minimum absolute atomic E-state index is 0.122. The lowest BCUT2D eigenvalue weighted by Crippen LogP contribution is -2.12. The lowest BCUT2D eigenvalue weighted by atomic mass is 10.1. The normalized spacial score (nSPS) is 11.7. The number of anilines is 2. The summed E-state index contributed by atoms with van der Waals surface area (Å²) < 4.78 is 0. The van der Waals surface area contributed by atoms with Gasteiger partial charge in [0, 0.05) is 6.54 Å². The van der Waals surface area contributed by atoms with E-state index in [0.717, 1.165) is 25.2 Å². The van der Waals surface area contributed by atoms with Gasteiger partial charge < -0.3 is 10.6 Å². The van der Waals surface area contributed by atoms with E-state index < -0.39 is 0 Å². The van der Waals surface area contributed by atoms with E-state index >= 15 is 0 Å². The van der Waals surface area contributed by atoms with Crippen molar-refractivity contribution in [3.63, 3.8) is 0 Å². The number of hydrogen-bond donors (Lipinski definition) is 2. The molecule has 0 saturated carbocycles. The number of hydrogen-bond acceptors (Lipinski definition) is 5. The van der Waals surface area contributed by atoms with Crippen molar-refractivity contribution in [3.8, 4) is 0 Å². The highest BCUT2D eigenvalue weighted by atomic mass is 15.3. The number of nitrogens with zero attached hydrogens (tertiary/aromatic N) is 3. The average Bonchev–Trinajstić information content (AvgIpc) is 2.67. The molecule has 0 aliphatic carbocycles. The SMILES string of the molecule is CC(Nc1nncc(NCCCc2ccccc2)n1)c1ccccc1. The van der Waals surface area contributed by atoms with Crippen LogP contribution < -0.4 is 10.6 Å². The Labute approximate surface area is 148 Å². The summed E-state index contributed by atoms with van der Waals surface area (Å²) in [6.07, 6.45) is 3.74. The van der Waals surface area contributed by atoms with Gasteiger partial charge in [-0.3, -0.25) is 0 Å². The van der Waals surface area contributed by atoms with Gasteiger partial charge in [0.2, 0.25) is 5.95 Å². The molecule has 0 spiro atoms. The Bertz CT molecular complexity index is 761. The fraction of sp³-hybridized carbons (Fsp3) is 0.250. The molecule has 0 aliphatic rings. The monoisotopic (exact) mass is 333 g/mol. The van der Waals surface area contributed by atoms with Crippen LogP contribution in [0.15, 0.2) is 66.9 Å². The molecule has 0 fully saturated rings. The second-order valence-corrected chi connectivity index (χ2v) is 5.96. The van der Waals surface area contributed by atoms with Gasteiger partial charge in [-0.1, -0.05) is 60.7 Å². The van der Waals surface area contributed by atoms with Gasteiger partial charge in [-0.05, 0) is 30.9 Å². The highest BCUT2D eigenvalue weighted by Gasteiger charge is 2.07. The molecule has 2 N–H and O–H groups in total. The first-order valence-electron chi connectivity index (χ1n) is 8.60. The van der Waals surface area contributed by atoms with Crippen molar-refractivity contribution in [1.29, 1.82) is 0 Å². The van der Waals surface area contributed by atoms with E-state index in [9.17, 15) is 0 Å². The van der Waals surface area contributed by atoms with Gasteiger partial charge in [-0.2, -0.15) is 10.1 Å². The van der Waals surface area contributed by atoms with Crippen LogP contribution in [0, 0.1) is 0 Å². The lowest BCUT2D eigenvalue weighted by Gasteiger charge is -2.14. The van der Waals surface area contributed by atoms with E-state index in [4.69, 9.17) is 0 Å². The van der Waals surface area contributed by atoms with Gasteiger partial charge >= 0.3 is 0 Å². The van der Waals surface area contributed by atoms with Gasteiger partial charge in [0.25, 0.3) is 0 Å². The molecule has 1 unspecified atom stereocenters. The van der Waals surface area contributed by atoms with E-state index in [1.165, 1.54) is 11.1 Å². The van der Waals surface area contributed by atoms with Crippen LogP contribution in [0.5, 0.6) is 0 Å². The van der Waals surface area contributed by atoms with E-state index in [1.54, 1.807) is 6.20 Å². The van der Waals surface area contributed by atoms with Crippen molar-refractivity contribution in [2.75, 3.05) is 17.2 Å². The van der Waals surface area contributed by atoms with Crippen LogP contribution >= 0.6 is 0 Å². The van der Waals surface area contributed by atoms with Crippen molar-refractivity contribution < 1.29 is 0 Å². The van der Waals surface area contributed by atoms with Crippen molar-refractivity contribution in [1.82, 2.24) is 15.2 Å². The highest BCUT2D eigenvalue weighted by molar-refractivity contribution is 5.38. The Morgan fingerprint density at radius 2 is 1.68 bits per heavy atom. The third-order valence-electron chi connectivity index (χ3n) is 4.00. The van der Waals surface area contributed by atoms with Crippen molar-refractivity contribution in [2.24, 2.45) is 0 Å². The molecule has 0 saturated heterocycles. The van der Waals surface area contributed by atoms with Gasteiger partial charge in [0.05, 0.1) is 12.2 Å². The molecule has 0 radical (unpaired) electrons. The zero-order chi connectivity index (χ0) is 17.3. The zero-order valence-corrected chi connectivity index (χ0v) is 14.4. The summed E-state index contributed by atoms with van der Waals surface area (Å²) in [5.74, 6) is 1.27. The van der Waals surface area contributed by atoms with Crippen LogP contribution in [-0.2, 0) is 6.42 Å². The molecule has 25 heavy (non-hydrogen) atoms. The Hall–Kier alpha value is -2.95. The molecule has 128 valence electrons. The molecule has 3 aromatic rings. The van der Waals surface area contributed by atoms with Crippen LogP contribution in [0.1, 0.15) is 30.5 Å². The zero-order valence-electron chi connectivity index (χ0n) is 14.4. The first-order chi connectivity index (χ1) is 12.3. The largest absolute Gasteiger partial charge is 0.369 e. The fourth-order valence-corrected chi connectivity index (χ4v) is 2.62. The molecule has 5 nitrogen and oxygen atoms in total. The van der Waals surface area contributed by atoms with Crippen LogP contribution in [0.2, 0.25) is 0 Å². The van der Waals surface area contributed by atoms with Gasteiger partial charge in [-0.15, -0.1) is 5.10 Å². The van der Waals surface area contributed by atoms with Crippen molar-refractivity contribution in [2.45, 2.75) is 25.8 Å². The molecule has 1 aromatic heterocycles. The number of aromatic nitrogens is 3. The molecule has 0 bridgehead atoms. The van der Waals surface area contributed by atoms with Crippen molar-refractivity contribution in [3.05, 3.63) is 78.0 Å². The summed E-state index contributed by atoms with van der Waals surface area (Å²) >= 11 is 0. The van der Waals surface area contributed by atoms with E-state index in [-0.39, 0.29) is 6.04 Å². The molecule has 3 rings (SSSR count). The first-order valence-corrected chi connectivity index (χ1v) is 8.60. The van der Waals surface area contributed by atoms with Gasteiger partial charge in [-0.25, -0.2) is 0 Å². The topological polar surface area (TPSA) is 62.7 Å². The summed E-state index contributed by atoms with van der Waals surface area (Å²) in [6.45, 7) is 2.93. The number of nitrogens with one attached hydrogen (secondary N) is 2. The standard InChI is InChI=1S/C20H23N5/c1-16(18-12-6-3-7-13-18)23-20-24-19(15-22-25-20)21-14-8-11-17-9-4-2-5-10-17/h2-7,9-10,12-13,15-16H,8,11,14H2,1H3,(H2,21,23,24,25). The van der Waals surface area contributed by atoms with Gasteiger partial charge in [0.15, 0.2) is 5.82 Å². The average molecular weight is 333 g/mol. The van der Waals surface area contributed by atoms with Gasteiger partial charge in [0.1, 0.15) is 0 Å². The molecule has 5 heteroatoms. The Morgan fingerprint density at radius 1 is 0.960 bits per heavy atom. The van der Waals surface area contributed by atoms with E-state index in [2.05, 4.69) is 69.1 Å². The van der Waals surface area contributed by atoms with Crippen LogP contribution in [0.4, 0.5) is 11.8 Å². The minimum atomic E-state index is 0.122. The summed E-state index contributed by atoms with van der Waals surface area (Å²) in [7, 11) is 0. The summed E-state index contributed by atoms with van der Waals surface area (Å²) in [6, 6.07) is 20.8. The maximum atomic E-state index is 4.49. The minimum Gasteiger partial charge on any atom is -0.369 e. The molecular formula is C20H23N5. The maximum absolute atomic E-state index is 4.49. The summed E-state index contributed by atoms with van der Waals surface area (Å²) in [5, 5.41) is 14.7. The van der Waals surface area contributed by atoms with E-state index in [0.29, 0.717) is 5.95 Å². The third kappa shape index (κ3) is 5.28. The van der Waals surface area contributed by atoms with Crippen molar-refractivity contribution >= 4 is 11.8 Å².